The molecule has 0 spiro atoms. The number of esters is 1. The normalized spacial score (nSPS) is 19.8. The number of nitrogens with zero attached hydrogens (tertiary/aromatic N) is 3. The van der Waals surface area contributed by atoms with Gasteiger partial charge in [-0.25, -0.2) is 5.01 Å². The van der Waals surface area contributed by atoms with Gasteiger partial charge in [-0.3, -0.25) is 14.5 Å². The molecule has 0 aliphatic carbocycles. The number of likely N-dealkylation sites (tertiary alicyclic amines) is 1. The van der Waals surface area contributed by atoms with Gasteiger partial charge in [0.2, 0.25) is 0 Å². The van der Waals surface area contributed by atoms with Crippen molar-refractivity contribution in [1.82, 2.24) is 9.91 Å². The van der Waals surface area contributed by atoms with Crippen LogP contribution in [0.3, 0.4) is 0 Å². The largest absolute Gasteiger partial charge is 0.497 e. The molecule has 9 nitrogen and oxygen atoms in total. The molecule has 0 bridgehead atoms. The molecule has 2 atom stereocenters. The summed E-state index contributed by atoms with van der Waals surface area (Å²) < 4.78 is 21.9. The molecule has 0 N–H and O–H groups in total. The summed E-state index contributed by atoms with van der Waals surface area (Å²) in [6, 6.07) is 12.4. The van der Waals surface area contributed by atoms with Crippen LogP contribution < -0.4 is 14.2 Å². The smallest absolute Gasteiger partial charge is 0.323 e. The van der Waals surface area contributed by atoms with Gasteiger partial charge in [-0.05, 0) is 50.6 Å². The van der Waals surface area contributed by atoms with Crippen LogP contribution in [0.4, 0.5) is 0 Å². The van der Waals surface area contributed by atoms with E-state index in [2.05, 4.69) is 0 Å². The van der Waals surface area contributed by atoms with Crippen molar-refractivity contribution >= 4 is 17.6 Å². The zero-order chi connectivity index (χ0) is 26.4. The van der Waals surface area contributed by atoms with Crippen LogP contribution in [-0.2, 0) is 14.3 Å². The average Bonchev–Trinajstić information content (AvgIpc) is 3.38. The third-order valence-corrected chi connectivity index (χ3v) is 6.89. The predicted octanol–water partition coefficient (Wildman–Crippen LogP) is 3.81. The maximum absolute atomic E-state index is 13.8. The Balaban J connectivity index is 1.68. The number of piperidine rings is 1. The highest BCUT2D eigenvalue weighted by atomic mass is 16.5. The number of rotatable bonds is 9. The van der Waals surface area contributed by atoms with E-state index < -0.39 is 6.04 Å². The molecule has 1 fully saturated rings. The summed E-state index contributed by atoms with van der Waals surface area (Å²) in [6.07, 6.45) is 3.02. The number of para-hydroxylation sites is 1. The zero-order valence-electron chi connectivity index (χ0n) is 21.9. The van der Waals surface area contributed by atoms with E-state index in [1.807, 2.05) is 41.3 Å². The number of benzene rings is 2. The van der Waals surface area contributed by atoms with Gasteiger partial charge in [-0.1, -0.05) is 18.6 Å². The summed E-state index contributed by atoms with van der Waals surface area (Å²) in [4.78, 5) is 28.3. The van der Waals surface area contributed by atoms with Gasteiger partial charge < -0.3 is 18.9 Å². The molecular weight excluding hydrogens is 474 g/mol. The second-order valence-electron chi connectivity index (χ2n) is 9.05. The Morgan fingerprint density at radius 3 is 2.51 bits per heavy atom. The Morgan fingerprint density at radius 2 is 1.78 bits per heavy atom. The number of carbonyl (C=O) groups is 2. The second-order valence-corrected chi connectivity index (χ2v) is 9.05. The molecule has 0 aromatic heterocycles. The van der Waals surface area contributed by atoms with Gasteiger partial charge in [0.25, 0.3) is 5.91 Å². The molecule has 2 aromatic rings. The summed E-state index contributed by atoms with van der Waals surface area (Å²) in [5.74, 6) is 1.50. The molecule has 198 valence electrons. The van der Waals surface area contributed by atoms with Gasteiger partial charge in [0.05, 0.1) is 46.2 Å². The molecule has 1 saturated heterocycles. The molecule has 2 aliphatic heterocycles. The molecule has 2 aliphatic rings. The van der Waals surface area contributed by atoms with Crippen molar-refractivity contribution in [2.45, 2.75) is 44.7 Å². The lowest BCUT2D eigenvalue weighted by atomic mass is 9.97. The maximum atomic E-state index is 13.8. The first-order valence-corrected chi connectivity index (χ1v) is 12.7. The average molecular weight is 510 g/mol. The Morgan fingerprint density at radius 1 is 1.00 bits per heavy atom. The van der Waals surface area contributed by atoms with E-state index in [1.54, 1.807) is 34.3 Å². The molecule has 2 aromatic carbocycles. The Bertz CT molecular complexity index is 1150. The van der Waals surface area contributed by atoms with Crippen LogP contribution in [0.1, 0.15) is 49.8 Å². The number of amides is 1. The fourth-order valence-corrected chi connectivity index (χ4v) is 5.05. The summed E-state index contributed by atoms with van der Waals surface area (Å²) in [5.41, 5.74) is 2.40. The van der Waals surface area contributed by atoms with Crippen LogP contribution in [-0.4, -0.2) is 74.6 Å². The van der Waals surface area contributed by atoms with Crippen LogP contribution in [0.5, 0.6) is 17.2 Å². The van der Waals surface area contributed by atoms with E-state index in [-0.39, 0.29) is 24.5 Å². The first-order valence-electron chi connectivity index (χ1n) is 12.7. The van der Waals surface area contributed by atoms with E-state index in [0.717, 1.165) is 29.7 Å². The Hall–Kier alpha value is -3.59. The van der Waals surface area contributed by atoms with Gasteiger partial charge in [-0.15, -0.1) is 0 Å². The maximum Gasteiger partial charge on any atom is 0.323 e. The molecular formula is C28H35N3O6. The van der Waals surface area contributed by atoms with Crippen LogP contribution in [0, 0.1) is 0 Å². The van der Waals surface area contributed by atoms with Crippen LogP contribution in [0.25, 0.3) is 0 Å². The number of hydrogen-bond acceptors (Lipinski definition) is 8. The minimum absolute atomic E-state index is 0.0706. The first-order chi connectivity index (χ1) is 18.0. The highest BCUT2D eigenvalue weighted by Gasteiger charge is 2.38. The Kier molecular flexibility index (Phi) is 8.66. The minimum Gasteiger partial charge on any atom is -0.497 e. The summed E-state index contributed by atoms with van der Waals surface area (Å²) in [7, 11) is 4.81. The van der Waals surface area contributed by atoms with Crippen molar-refractivity contribution in [3.63, 3.8) is 0 Å². The number of hydrogen-bond donors (Lipinski definition) is 0. The first kappa shape index (κ1) is 26.5. The van der Waals surface area contributed by atoms with Crippen molar-refractivity contribution in [2.24, 2.45) is 5.10 Å². The van der Waals surface area contributed by atoms with E-state index in [0.29, 0.717) is 43.2 Å². The van der Waals surface area contributed by atoms with E-state index in [4.69, 9.17) is 24.0 Å². The molecule has 37 heavy (non-hydrogen) atoms. The van der Waals surface area contributed by atoms with Crippen molar-refractivity contribution in [3.05, 3.63) is 53.6 Å². The van der Waals surface area contributed by atoms with Gasteiger partial charge in [-0.2, -0.15) is 5.10 Å². The van der Waals surface area contributed by atoms with Crippen molar-refractivity contribution in [2.75, 3.05) is 41.0 Å². The molecule has 2 heterocycles. The molecule has 4 rings (SSSR count). The third kappa shape index (κ3) is 5.72. The molecule has 1 amide bonds. The zero-order valence-corrected chi connectivity index (χ0v) is 21.9. The fraction of sp³-hybridized carbons (Fsp3) is 0.464. The van der Waals surface area contributed by atoms with Gasteiger partial charge in [0, 0.05) is 23.6 Å². The minimum atomic E-state index is -0.424. The summed E-state index contributed by atoms with van der Waals surface area (Å²) in [6.45, 7) is 2.83. The Labute approximate surface area is 217 Å². The van der Waals surface area contributed by atoms with Gasteiger partial charge >= 0.3 is 5.97 Å². The standard InChI is InChI=1S/C28H35N3O6/c1-5-37-28(33)23-11-8-9-15-30(23)18-27(32)31-24(21-14-13-19(34-2)16-26(21)36-4)17-22(29-31)20-10-6-7-12-25(20)35-3/h6-7,10,12-14,16,23-24H,5,8-9,11,15,17-18H2,1-4H3/t23-,24+/m0/s1. The number of hydrazone groups is 1. The molecule has 9 heteroatoms. The van der Waals surface area contributed by atoms with Crippen molar-refractivity contribution in [1.29, 1.82) is 0 Å². The van der Waals surface area contributed by atoms with Gasteiger partial charge in [0.15, 0.2) is 0 Å². The lowest BCUT2D eigenvalue weighted by molar-refractivity contribution is -0.152. The van der Waals surface area contributed by atoms with E-state index >= 15 is 0 Å². The lowest BCUT2D eigenvalue weighted by Crippen LogP contribution is -2.49. The number of ether oxygens (including phenoxy) is 4. The van der Waals surface area contributed by atoms with Crippen molar-refractivity contribution < 1.29 is 28.5 Å². The topological polar surface area (TPSA) is 89.9 Å². The number of methoxy groups -OCH3 is 3. The van der Waals surface area contributed by atoms with Crippen molar-refractivity contribution in [3.8, 4) is 17.2 Å². The predicted molar refractivity (Wildman–Crippen MR) is 139 cm³/mol. The number of carbonyl (C=O) groups excluding carboxylic acids is 2. The van der Waals surface area contributed by atoms with Crippen LogP contribution in [0.15, 0.2) is 47.6 Å². The van der Waals surface area contributed by atoms with Crippen LogP contribution in [0.2, 0.25) is 0 Å². The highest BCUT2D eigenvalue weighted by Crippen LogP contribution is 2.40. The van der Waals surface area contributed by atoms with E-state index in [1.165, 1.54) is 5.01 Å². The summed E-state index contributed by atoms with van der Waals surface area (Å²) >= 11 is 0. The highest BCUT2D eigenvalue weighted by molar-refractivity contribution is 6.05. The van der Waals surface area contributed by atoms with E-state index in [9.17, 15) is 9.59 Å². The summed E-state index contributed by atoms with van der Waals surface area (Å²) in [5, 5.41) is 6.34. The van der Waals surface area contributed by atoms with Crippen LogP contribution >= 0.6 is 0 Å². The second kappa shape index (κ2) is 12.1. The molecule has 0 saturated carbocycles. The monoisotopic (exact) mass is 509 g/mol. The third-order valence-electron chi connectivity index (χ3n) is 6.89. The molecule has 0 radical (unpaired) electrons. The molecule has 0 unspecified atom stereocenters. The SMILES string of the molecule is CCOC(=O)[C@@H]1CCCCN1CC(=O)N1N=C(c2ccccc2OC)C[C@@H]1c1ccc(OC)cc1OC. The van der Waals surface area contributed by atoms with Gasteiger partial charge in [0.1, 0.15) is 23.3 Å². The quantitative estimate of drug-likeness (QED) is 0.475. The fourth-order valence-electron chi connectivity index (χ4n) is 5.05. The lowest BCUT2D eigenvalue weighted by Gasteiger charge is -2.34.